The molecule has 2 aromatic carbocycles. The Morgan fingerprint density at radius 2 is 1.81 bits per heavy atom. The topological polar surface area (TPSA) is 20.2 Å². The van der Waals surface area contributed by atoms with Gasteiger partial charge in [-0.2, -0.15) is 0 Å². The molecule has 2 rings (SSSR count). The van der Waals surface area contributed by atoms with Crippen LogP contribution in [0.25, 0.3) is 11.1 Å². The molecule has 0 unspecified atom stereocenters. The Hall–Kier alpha value is -1.83. The van der Waals surface area contributed by atoms with E-state index in [1.165, 1.54) is 6.07 Å². The summed E-state index contributed by atoms with van der Waals surface area (Å²) in [5.74, 6) is 0.0127. The van der Waals surface area contributed by atoms with E-state index in [1.54, 1.807) is 19.1 Å². The van der Waals surface area contributed by atoms with Gasteiger partial charge in [-0.05, 0) is 48.2 Å². The first-order valence-corrected chi connectivity index (χ1v) is 5.14. The van der Waals surface area contributed by atoms with Crippen molar-refractivity contribution in [3.63, 3.8) is 0 Å². The molecule has 0 aromatic heterocycles. The van der Waals surface area contributed by atoms with Crippen LogP contribution in [0.5, 0.6) is 5.75 Å². The molecule has 0 heterocycles. The van der Waals surface area contributed by atoms with E-state index in [0.717, 1.165) is 16.7 Å². The minimum Gasteiger partial charge on any atom is -0.508 e. The normalized spacial score (nSPS) is 10.4. The number of hydrogen-bond acceptors (Lipinski definition) is 1. The highest BCUT2D eigenvalue weighted by molar-refractivity contribution is 5.69. The average Bonchev–Trinajstić information content (AvgIpc) is 2.26. The third kappa shape index (κ3) is 1.78. The van der Waals surface area contributed by atoms with E-state index in [1.807, 2.05) is 25.1 Å². The molecule has 0 bridgehead atoms. The van der Waals surface area contributed by atoms with Crippen LogP contribution in [0, 0.1) is 19.7 Å². The number of benzene rings is 2. The lowest BCUT2D eigenvalue weighted by Crippen LogP contribution is -1.88. The molecule has 0 amide bonds. The van der Waals surface area contributed by atoms with Crippen molar-refractivity contribution in [2.75, 3.05) is 0 Å². The fourth-order valence-corrected chi connectivity index (χ4v) is 1.70. The third-order valence-corrected chi connectivity index (χ3v) is 2.79. The van der Waals surface area contributed by atoms with Crippen molar-refractivity contribution < 1.29 is 9.50 Å². The maximum Gasteiger partial charge on any atom is 0.126 e. The molecule has 0 atom stereocenters. The summed E-state index contributed by atoms with van der Waals surface area (Å²) in [7, 11) is 0. The molecule has 0 aliphatic rings. The summed E-state index contributed by atoms with van der Waals surface area (Å²) in [5.41, 5.74) is 3.07. The van der Waals surface area contributed by atoms with Gasteiger partial charge in [-0.3, -0.25) is 0 Å². The lowest BCUT2D eigenvalue weighted by atomic mass is 9.99. The Morgan fingerprint density at radius 1 is 1.06 bits per heavy atom. The molecule has 82 valence electrons. The maximum absolute atomic E-state index is 13.4. The molecule has 0 saturated heterocycles. The zero-order valence-electron chi connectivity index (χ0n) is 9.29. The van der Waals surface area contributed by atoms with Crippen molar-refractivity contribution in [1.82, 2.24) is 0 Å². The maximum atomic E-state index is 13.4. The molecule has 1 nitrogen and oxygen atoms in total. The second-order valence-electron chi connectivity index (χ2n) is 3.91. The van der Waals surface area contributed by atoms with E-state index in [-0.39, 0.29) is 11.6 Å². The standard InChI is InChI=1S/C14H13FO/c1-9-6-7-11(8-14(9)16)12-4-3-5-13(15)10(12)2/h3-8,16H,1-2H3. The molecule has 1 N–H and O–H groups in total. The minimum atomic E-state index is -0.224. The van der Waals surface area contributed by atoms with Crippen molar-refractivity contribution in [2.45, 2.75) is 13.8 Å². The average molecular weight is 216 g/mol. The fraction of sp³-hybridized carbons (Fsp3) is 0.143. The quantitative estimate of drug-likeness (QED) is 0.768. The van der Waals surface area contributed by atoms with Gasteiger partial charge in [0, 0.05) is 0 Å². The smallest absolute Gasteiger partial charge is 0.126 e. The van der Waals surface area contributed by atoms with Crippen LogP contribution in [0.1, 0.15) is 11.1 Å². The van der Waals surface area contributed by atoms with Gasteiger partial charge in [-0.1, -0.05) is 24.3 Å². The largest absolute Gasteiger partial charge is 0.508 e. The molecular weight excluding hydrogens is 203 g/mol. The summed E-state index contributed by atoms with van der Waals surface area (Å²) in [4.78, 5) is 0. The van der Waals surface area contributed by atoms with Gasteiger partial charge in [0.15, 0.2) is 0 Å². The molecule has 2 heteroatoms. The van der Waals surface area contributed by atoms with Crippen LogP contribution in [0.3, 0.4) is 0 Å². The highest BCUT2D eigenvalue weighted by atomic mass is 19.1. The minimum absolute atomic E-state index is 0.224. The zero-order valence-corrected chi connectivity index (χ0v) is 9.29. The third-order valence-electron chi connectivity index (χ3n) is 2.79. The van der Waals surface area contributed by atoms with Crippen molar-refractivity contribution in [3.8, 4) is 16.9 Å². The summed E-state index contributed by atoms with van der Waals surface area (Å²) in [5, 5.41) is 9.63. The first-order valence-electron chi connectivity index (χ1n) is 5.14. The molecule has 2 aromatic rings. The molecule has 0 spiro atoms. The van der Waals surface area contributed by atoms with Gasteiger partial charge in [-0.25, -0.2) is 4.39 Å². The number of rotatable bonds is 1. The predicted molar refractivity (Wildman–Crippen MR) is 63.0 cm³/mol. The second kappa shape index (κ2) is 3.97. The van der Waals surface area contributed by atoms with Crippen LogP contribution in [-0.4, -0.2) is 5.11 Å². The predicted octanol–water partition coefficient (Wildman–Crippen LogP) is 3.82. The molecule has 0 fully saturated rings. The molecule has 0 aliphatic heterocycles. The fourth-order valence-electron chi connectivity index (χ4n) is 1.70. The molecule has 0 saturated carbocycles. The van der Waals surface area contributed by atoms with Crippen molar-refractivity contribution in [3.05, 3.63) is 53.3 Å². The summed E-state index contributed by atoms with van der Waals surface area (Å²) < 4.78 is 13.4. The Bertz CT molecular complexity index is 532. The first kappa shape index (κ1) is 10.7. The molecular formula is C14H13FO. The number of phenols is 1. The summed E-state index contributed by atoms with van der Waals surface area (Å²) in [6.45, 7) is 3.57. The van der Waals surface area contributed by atoms with E-state index < -0.39 is 0 Å². The van der Waals surface area contributed by atoms with E-state index in [4.69, 9.17) is 0 Å². The lowest BCUT2D eigenvalue weighted by molar-refractivity contribution is 0.471. The van der Waals surface area contributed by atoms with Gasteiger partial charge >= 0.3 is 0 Å². The molecule has 0 aliphatic carbocycles. The van der Waals surface area contributed by atoms with Gasteiger partial charge in [0.25, 0.3) is 0 Å². The van der Waals surface area contributed by atoms with Gasteiger partial charge in [0.05, 0.1) is 0 Å². The monoisotopic (exact) mass is 216 g/mol. The van der Waals surface area contributed by atoms with Gasteiger partial charge < -0.3 is 5.11 Å². The van der Waals surface area contributed by atoms with Crippen LogP contribution in [0.2, 0.25) is 0 Å². The van der Waals surface area contributed by atoms with E-state index in [0.29, 0.717) is 5.56 Å². The lowest BCUT2D eigenvalue weighted by Gasteiger charge is -2.08. The Labute approximate surface area is 94.2 Å². The number of phenolic OH excluding ortho intramolecular Hbond substituents is 1. The number of hydrogen-bond donors (Lipinski definition) is 1. The van der Waals surface area contributed by atoms with Crippen LogP contribution < -0.4 is 0 Å². The Kier molecular flexibility index (Phi) is 2.65. The second-order valence-corrected chi connectivity index (χ2v) is 3.91. The first-order chi connectivity index (χ1) is 7.59. The van der Waals surface area contributed by atoms with Crippen molar-refractivity contribution in [1.29, 1.82) is 0 Å². The molecule has 16 heavy (non-hydrogen) atoms. The Morgan fingerprint density at radius 3 is 2.50 bits per heavy atom. The van der Waals surface area contributed by atoms with Crippen LogP contribution in [-0.2, 0) is 0 Å². The highest BCUT2D eigenvalue weighted by Crippen LogP contribution is 2.29. The van der Waals surface area contributed by atoms with Gasteiger partial charge in [-0.15, -0.1) is 0 Å². The van der Waals surface area contributed by atoms with Crippen molar-refractivity contribution >= 4 is 0 Å². The summed E-state index contributed by atoms with van der Waals surface area (Å²) in [6, 6.07) is 10.3. The van der Waals surface area contributed by atoms with Crippen LogP contribution >= 0.6 is 0 Å². The Balaban J connectivity index is 2.59. The molecule has 0 radical (unpaired) electrons. The number of aromatic hydroxyl groups is 1. The van der Waals surface area contributed by atoms with E-state index in [9.17, 15) is 9.50 Å². The highest BCUT2D eigenvalue weighted by Gasteiger charge is 2.07. The van der Waals surface area contributed by atoms with E-state index >= 15 is 0 Å². The number of aryl methyl sites for hydroxylation is 1. The number of halogens is 1. The summed E-state index contributed by atoms with van der Waals surface area (Å²) >= 11 is 0. The van der Waals surface area contributed by atoms with Gasteiger partial charge in [0.2, 0.25) is 0 Å². The zero-order chi connectivity index (χ0) is 11.7. The summed E-state index contributed by atoms with van der Waals surface area (Å²) in [6.07, 6.45) is 0. The van der Waals surface area contributed by atoms with Crippen molar-refractivity contribution in [2.24, 2.45) is 0 Å². The van der Waals surface area contributed by atoms with Crippen LogP contribution in [0.4, 0.5) is 4.39 Å². The van der Waals surface area contributed by atoms with Crippen LogP contribution in [0.15, 0.2) is 36.4 Å². The SMILES string of the molecule is Cc1ccc(-c2cccc(F)c2C)cc1O. The van der Waals surface area contributed by atoms with Gasteiger partial charge in [0.1, 0.15) is 11.6 Å². The van der Waals surface area contributed by atoms with E-state index in [2.05, 4.69) is 0 Å².